The molecule has 0 fully saturated rings. The summed E-state index contributed by atoms with van der Waals surface area (Å²) < 4.78 is 5.59. The minimum atomic E-state index is -0.0575. The lowest BCUT2D eigenvalue weighted by Gasteiger charge is -2.07. The van der Waals surface area contributed by atoms with Gasteiger partial charge >= 0.3 is 0 Å². The highest BCUT2D eigenvalue weighted by Crippen LogP contribution is 2.03. The molecule has 0 aromatic heterocycles. The minimum absolute atomic E-state index is 0.0575. The first-order valence-corrected chi connectivity index (χ1v) is 7.98. The van der Waals surface area contributed by atoms with Crippen LogP contribution in [0, 0.1) is 0 Å². The van der Waals surface area contributed by atoms with Crippen LogP contribution in [0.2, 0.25) is 0 Å². The molecule has 3 N–H and O–H groups in total. The number of carbonyl (C=O) groups excluding carboxylic acids is 1. The number of rotatable bonds is 9. The average molecular weight is 312 g/mol. The molecule has 23 heavy (non-hydrogen) atoms. The fourth-order valence-electron chi connectivity index (χ4n) is 2.21. The Morgan fingerprint density at radius 2 is 1.70 bits per heavy atom. The summed E-state index contributed by atoms with van der Waals surface area (Å²) in [5.74, 6) is -0.0575. The van der Waals surface area contributed by atoms with Gasteiger partial charge in [-0.1, -0.05) is 42.5 Å². The fourth-order valence-corrected chi connectivity index (χ4v) is 2.21. The van der Waals surface area contributed by atoms with Crippen LogP contribution in [0.3, 0.4) is 0 Å². The third-order valence-electron chi connectivity index (χ3n) is 3.58. The summed E-state index contributed by atoms with van der Waals surface area (Å²) in [6.07, 6.45) is 1.72. The maximum Gasteiger partial charge on any atom is 0.251 e. The molecule has 2 aromatic carbocycles. The predicted octanol–water partition coefficient (Wildman–Crippen LogP) is 2.52. The van der Waals surface area contributed by atoms with Crippen molar-refractivity contribution in [3.8, 4) is 0 Å². The molecule has 0 bridgehead atoms. The zero-order valence-corrected chi connectivity index (χ0v) is 13.3. The summed E-state index contributed by atoms with van der Waals surface area (Å²) in [5, 5.41) is 2.89. The average Bonchev–Trinajstić information content (AvgIpc) is 2.61. The van der Waals surface area contributed by atoms with Gasteiger partial charge in [0.15, 0.2) is 0 Å². The van der Waals surface area contributed by atoms with Crippen molar-refractivity contribution < 1.29 is 9.53 Å². The first kappa shape index (κ1) is 17.2. The minimum Gasteiger partial charge on any atom is -0.381 e. The summed E-state index contributed by atoms with van der Waals surface area (Å²) in [6, 6.07) is 17.6. The molecule has 0 heterocycles. The Morgan fingerprint density at radius 1 is 0.957 bits per heavy atom. The molecule has 0 saturated heterocycles. The Balaban J connectivity index is 1.55. The summed E-state index contributed by atoms with van der Waals surface area (Å²) in [5.41, 5.74) is 8.50. The summed E-state index contributed by atoms with van der Waals surface area (Å²) in [6.45, 7) is 2.46. The Kier molecular flexibility index (Phi) is 7.30. The van der Waals surface area contributed by atoms with Crippen molar-refractivity contribution in [2.45, 2.75) is 19.4 Å². The predicted molar refractivity (Wildman–Crippen MR) is 92.2 cm³/mol. The van der Waals surface area contributed by atoms with E-state index in [-0.39, 0.29) is 5.91 Å². The van der Waals surface area contributed by atoms with E-state index in [1.54, 1.807) is 12.1 Å². The molecular weight excluding hydrogens is 288 g/mol. The van der Waals surface area contributed by atoms with E-state index < -0.39 is 0 Å². The van der Waals surface area contributed by atoms with Crippen LogP contribution < -0.4 is 11.1 Å². The van der Waals surface area contributed by atoms with E-state index in [4.69, 9.17) is 10.5 Å². The highest BCUT2D eigenvalue weighted by atomic mass is 16.5. The molecule has 0 unspecified atom stereocenters. The number of ether oxygens (including phenoxy) is 1. The van der Waals surface area contributed by atoms with Gasteiger partial charge in [0.25, 0.3) is 5.91 Å². The molecule has 0 atom stereocenters. The first-order valence-electron chi connectivity index (χ1n) is 7.98. The van der Waals surface area contributed by atoms with Crippen molar-refractivity contribution in [1.29, 1.82) is 0 Å². The lowest BCUT2D eigenvalue weighted by molar-refractivity contribution is 0.0942. The molecule has 0 radical (unpaired) electrons. The molecule has 0 aliphatic rings. The van der Waals surface area contributed by atoms with Crippen molar-refractivity contribution >= 4 is 5.91 Å². The standard InChI is InChI=1S/C19H24N2O2/c20-15-17-7-9-18(10-8-17)19(22)21-12-4-13-23-14-11-16-5-2-1-3-6-16/h1-3,5-10H,4,11-15,20H2,(H,21,22). The SMILES string of the molecule is NCc1ccc(C(=O)NCCCOCCc2ccccc2)cc1. The lowest BCUT2D eigenvalue weighted by Crippen LogP contribution is -2.25. The Morgan fingerprint density at radius 3 is 2.39 bits per heavy atom. The molecule has 0 saturated carbocycles. The van der Waals surface area contributed by atoms with E-state index in [1.165, 1.54) is 5.56 Å². The van der Waals surface area contributed by atoms with Crippen LogP contribution in [0.25, 0.3) is 0 Å². The van der Waals surface area contributed by atoms with Crippen LogP contribution in [-0.2, 0) is 17.7 Å². The summed E-state index contributed by atoms with van der Waals surface area (Å²) in [7, 11) is 0. The molecular formula is C19H24N2O2. The number of nitrogens with one attached hydrogen (secondary N) is 1. The molecule has 4 heteroatoms. The van der Waals surface area contributed by atoms with Crippen molar-refractivity contribution in [1.82, 2.24) is 5.32 Å². The van der Waals surface area contributed by atoms with Crippen molar-refractivity contribution in [2.24, 2.45) is 5.73 Å². The molecule has 2 rings (SSSR count). The van der Waals surface area contributed by atoms with E-state index >= 15 is 0 Å². The van der Waals surface area contributed by atoms with Gasteiger partial charge in [-0.15, -0.1) is 0 Å². The van der Waals surface area contributed by atoms with E-state index in [9.17, 15) is 4.79 Å². The number of nitrogens with two attached hydrogens (primary N) is 1. The third kappa shape index (κ3) is 6.22. The van der Waals surface area contributed by atoms with Gasteiger partial charge in [0, 0.05) is 25.3 Å². The summed E-state index contributed by atoms with van der Waals surface area (Å²) >= 11 is 0. The molecule has 1 amide bonds. The van der Waals surface area contributed by atoms with Gasteiger partial charge in [0.2, 0.25) is 0 Å². The Labute approximate surface area is 137 Å². The lowest BCUT2D eigenvalue weighted by atomic mass is 10.1. The fraction of sp³-hybridized carbons (Fsp3) is 0.316. The zero-order valence-electron chi connectivity index (χ0n) is 13.3. The van der Waals surface area contributed by atoms with E-state index in [0.717, 1.165) is 18.4 Å². The molecule has 0 aliphatic carbocycles. The third-order valence-corrected chi connectivity index (χ3v) is 3.58. The normalized spacial score (nSPS) is 10.5. The topological polar surface area (TPSA) is 64.4 Å². The van der Waals surface area contributed by atoms with Gasteiger partial charge in [-0.2, -0.15) is 0 Å². The van der Waals surface area contributed by atoms with Gasteiger partial charge in [-0.05, 0) is 36.1 Å². The van der Waals surface area contributed by atoms with Crippen LogP contribution in [-0.4, -0.2) is 25.7 Å². The maximum absolute atomic E-state index is 11.9. The van der Waals surface area contributed by atoms with Gasteiger partial charge < -0.3 is 15.8 Å². The zero-order chi connectivity index (χ0) is 16.3. The molecule has 2 aromatic rings. The molecule has 4 nitrogen and oxygen atoms in total. The van der Waals surface area contributed by atoms with Gasteiger partial charge in [0.05, 0.1) is 6.61 Å². The highest BCUT2D eigenvalue weighted by molar-refractivity contribution is 5.94. The number of amides is 1. The maximum atomic E-state index is 11.9. The number of hydrogen-bond donors (Lipinski definition) is 2. The first-order chi connectivity index (χ1) is 11.3. The monoisotopic (exact) mass is 312 g/mol. The number of benzene rings is 2. The van der Waals surface area contributed by atoms with E-state index in [0.29, 0.717) is 31.9 Å². The molecule has 0 spiro atoms. The Hall–Kier alpha value is -2.17. The van der Waals surface area contributed by atoms with Crippen LogP contribution in [0.4, 0.5) is 0 Å². The van der Waals surface area contributed by atoms with Crippen molar-refractivity contribution in [3.05, 3.63) is 71.3 Å². The van der Waals surface area contributed by atoms with Gasteiger partial charge in [-0.3, -0.25) is 4.79 Å². The second kappa shape index (κ2) is 9.77. The van der Waals surface area contributed by atoms with Crippen molar-refractivity contribution in [3.63, 3.8) is 0 Å². The van der Waals surface area contributed by atoms with Gasteiger partial charge in [0.1, 0.15) is 0 Å². The van der Waals surface area contributed by atoms with Crippen LogP contribution in [0.15, 0.2) is 54.6 Å². The van der Waals surface area contributed by atoms with E-state index in [2.05, 4.69) is 17.4 Å². The highest BCUT2D eigenvalue weighted by Gasteiger charge is 2.04. The second-order valence-electron chi connectivity index (χ2n) is 5.36. The van der Waals surface area contributed by atoms with Crippen LogP contribution in [0.5, 0.6) is 0 Å². The quantitative estimate of drug-likeness (QED) is 0.699. The van der Waals surface area contributed by atoms with Crippen LogP contribution >= 0.6 is 0 Å². The number of carbonyl (C=O) groups is 1. The summed E-state index contributed by atoms with van der Waals surface area (Å²) in [4.78, 5) is 11.9. The Bertz CT molecular complexity index is 582. The second-order valence-corrected chi connectivity index (χ2v) is 5.36. The smallest absolute Gasteiger partial charge is 0.251 e. The molecule has 0 aliphatic heterocycles. The van der Waals surface area contributed by atoms with Gasteiger partial charge in [-0.25, -0.2) is 0 Å². The molecule has 122 valence electrons. The van der Waals surface area contributed by atoms with E-state index in [1.807, 2.05) is 30.3 Å². The van der Waals surface area contributed by atoms with Crippen LogP contribution in [0.1, 0.15) is 27.9 Å². The van der Waals surface area contributed by atoms with Crippen molar-refractivity contribution in [2.75, 3.05) is 19.8 Å². The largest absolute Gasteiger partial charge is 0.381 e. The number of hydrogen-bond acceptors (Lipinski definition) is 3.